The number of benzene rings is 2. The molecule has 0 unspecified atom stereocenters. The molecular weight excluding hydrogens is 387 g/mol. The Kier molecular flexibility index (Phi) is 6.29. The van der Waals surface area contributed by atoms with Crippen molar-refractivity contribution >= 4 is 40.8 Å². The molecule has 0 atom stereocenters. The zero-order valence-electron chi connectivity index (χ0n) is 15.5. The van der Waals surface area contributed by atoms with Crippen LogP contribution in [0.2, 0.25) is 10.0 Å². The molecular formula is C20H20Cl2N2O3. The first-order valence-electron chi connectivity index (χ1n) is 8.21. The summed E-state index contributed by atoms with van der Waals surface area (Å²) in [6.45, 7) is 6.81. The van der Waals surface area contributed by atoms with E-state index in [2.05, 4.69) is 5.43 Å². The summed E-state index contributed by atoms with van der Waals surface area (Å²) in [7, 11) is 0. The molecule has 0 fully saturated rings. The third-order valence-electron chi connectivity index (χ3n) is 3.75. The van der Waals surface area contributed by atoms with Crippen LogP contribution in [0.3, 0.4) is 0 Å². The molecule has 0 bridgehead atoms. The average molecular weight is 407 g/mol. The highest BCUT2D eigenvalue weighted by Crippen LogP contribution is 2.22. The predicted octanol–water partition coefficient (Wildman–Crippen LogP) is 4.78. The van der Waals surface area contributed by atoms with Gasteiger partial charge in [-0.1, -0.05) is 35.3 Å². The first kappa shape index (κ1) is 20.9. The Morgan fingerprint density at radius 1 is 0.852 bits per heavy atom. The third-order valence-corrected chi connectivity index (χ3v) is 4.19. The van der Waals surface area contributed by atoms with Crippen molar-refractivity contribution in [3.63, 3.8) is 0 Å². The van der Waals surface area contributed by atoms with Gasteiger partial charge >= 0.3 is 0 Å². The molecule has 7 heteroatoms. The summed E-state index contributed by atoms with van der Waals surface area (Å²) in [5, 5.41) is 1.88. The van der Waals surface area contributed by atoms with Gasteiger partial charge in [0.05, 0.1) is 5.54 Å². The lowest BCUT2D eigenvalue weighted by Crippen LogP contribution is -2.55. The summed E-state index contributed by atoms with van der Waals surface area (Å²) in [5.74, 6) is -1.01. The lowest BCUT2D eigenvalue weighted by molar-refractivity contribution is 0.0358. The monoisotopic (exact) mass is 406 g/mol. The van der Waals surface area contributed by atoms with Crippen LogP contribution < -0.4 is 5.43 Å². The summed E-state index contributed by atoms with van der Waals surface area (Å²) >= 11 is 12.0. The zero-order chi connectivity index (χ0) is 20.4. The van der Waals surface area contributed by atoms with Crippen LogP contribution in [0, 0.1) is 0 Å². The maximum Gasteiger partial charge on any atom is 0.272 e. The molecule has 2 aromatic carbocycles. The number of hydrogen-bond acceptors (Lipinski definition) is 3. The van der Waals surface area contributed by atoms with E-state index >= 15 is 0 Å². The predicted molar refractivity (Wildman–Crippen MR) is 106 cm³/mol. The quantitative estimate of drug-likeness (QED) is 0.588. The van der Waals surface area contributed by atoms with Gasteiger partial charge < -0.3 is 0 Å². The summed E-state index contributed by atoms with van der Waals surface area (Å²) in [4.78, 5) is 36.9. The first-order chi connectivity index (χ1) is 12.5. The second kappa shape index (κ2) is 8.11. The van der Waals surface area contributed by atoms with Crippen LogP contribution in [0.1, 0.15) is 58.8 Å². The summed E-state index contributed by atoms with van der Waals surface area (Å²) in [5.41, 5.74) is 3.01. The number of halogens is 2. The fourth-order valence-corrected chi connectivity index (χ4v) is 2.88. The normalized spacial score (nSPS) is 11.0. The fraction of sp³-hybridized carbons (Fsp3) is 0.250. The van der Waals surface area contributed by atoms with E-state index in [9.17, 15) is 14.4 Å². The fourth-order valence-electron chi connectivity index (χ4n) is 2.35. The molecule has 0 heterocycles. The van der Waals surface area contributed by atoms with Crippen molar-refractivity contribution in [2.24, 2.45) is 0 Å². The number of nitrogens with zero attached hydrogens (tertiary/aromatic N) is 1. The minimum absolute atomic E-state index is 0.0914. The number of rotatable bonds is 3. The summed E-state index contributed by atoms with van der Waals surface area (Å²) in [6, 6.07) is 10.7. The van der Waals surface area contributed by atoms with Crippen molar-refractivity contribution in [3.8, 4) is 0 Å². The Morgan fingerprint density at radius 3 is 1.78 bits per heavy atom. The van der Waals surface area contributed by atoms with Crippen molar-refractivity contribution in [1.29, 1.82) is 0 Å². The molecule has 2 amide bonds. The van der Waals surface area contributed by atoms with Gasteiger partial charge in [-0.25, -0.2) is 5.01 Å². The summed E-state index contributed by atoms with van der Waals surface area (Å²) < 4.78 is 0. The second-order valence-electron chi connectivity index (χ2n) is 7.04. The Morgan fingerprint density at radius 2 is 1.33 bits per heavy atom. The molecule has 5 nitrogen and oxygen atoms in total. The smallest absolute Gasteiger partial charge is 0.272 e. The molecule has 0 aliphatic heterocycles. The standard InChI is InChI=1S/C20H20Cl2N2O3/c1-12(25)13-5-7-14(8-6-13)18(26)23-24(20(2,3)4)19(27)15-9-16(21)11-17(22)10-15/h5-11H,1-4H3,(H,23,26). The second-order valence-corrected chi connectivity index (χ2v) is 7.92. The average Bonchev–Trinajstić information content (AvgIpc) is 2.57. The Balaban J connectivity index is 2.30. The van der Waals surface area contributed by atoms with Crippen LogP contribution >= 0.6 is 23.2 Å². The van der Waals surface area contributed by atoms with Gasteiger partial charge in [-0.05, 0) is 58.0 Å². The van der Waals surface area contributed by atoms with Gasteiger partial charge in [-0.15, -0.1) is 0 Å². The minimum atomic E-state index is -0.707. The number of amides is 2. The van der Waals surface area contributed by atoms with Gasteiger partial charge in [0.15, 0.2) is 5.78 Å². The van der Waals surface area contributed by atoms with E-state index < -0.39 is 17.4 Å². The van der Waals surface area contributed by atoms with Crippen LogP contribution in [-0.2, 0) is 0 Å². The molecule has 0 aliphatic rings. The van der Waals surface area contributed by atoms with Crippen molar-refractivity contribution in [2.45, 2.75) is 33.2 Å². The molecule has 0 saturated heterocycles. The Bertz CT molecular complexity index is 867. The molecule has 1 N–H and O–H groups in total. The van der Waals surface area contributed by atoms with E-state index in [0.717, 1.165) is 0 Å². The first-order valence-corrected chi connectivity index (χ1v) is 8.97. The van der Waals surface area contributed by atoms with Crippen LogP contribution in [-0.4, -0.2) is 28.1 Å². The molecule has 142 valence electrons. The van der Waals surface area contributed by atoms with Crippen molar-refractivity contribution in [3.05, 3.63) is 69.2 Å². The molecule has 0 radical (unpaired) electrons. The highest BCUT2D eigenvalue weighted by molar-refractivity contribution is 6.35. The maximum atomic E-state index is 13.0. The summed E-state index contributed by atoms with van der Waals surface area (Å²) in [6.07, 6.45) is 0. The van der Waals surface area contributed by atoms with E-state index in [0.29, 0.717) is 21.2 Å². The van der Waals surface area contributed by atoms with Crippen LogP contribution in [0.15, 0.2) is 42.5 Å². The maximum absolute atomic E-state index is 13.0. The number of hydrazine groups is 1. The highest BCUT2D eigenvalue weighted by atomic mass is 35.5. The zero-order valence-corrected chi connectivity index (χ0v) is 17.0. The van der Waals surface area contributed by atoms with E-state index in [1.807, 2.05) is 0 Å². The van der Waals surface area contributed by atoms with Gasteiger partial charge in [0.25, 0.3) is 11.8 Å². The van der Waals surface area contributed by atoms with Gasteiger partial charge in [-0.2, -0.15) is 0 Å². The Hall–Kier alpha value is -2.37. The number of carbonyl (C=O) groups excluding carboxylic acids is 3. The largest absolute Gasteiger partial charge is 0.295 e. The van der Waals surface area contributed by atoms with Crippen LogP contribution in [0.5, 0.6) is 0 Å². The van der Waals surface area contributed by atoms with Gasteiger partial charge in [-0.3, -0.25) is 19.8 Å². The topological polar surface area (TPSA) is 66.5 Å². The van der Waals surface area contributed by atoms with Crippen LogP contribution in [0.25, 0.3) is 0 Å². The van der Waals surface area contributed by atoms with E-state index in [1.54, 1.807) is 32.9 Å². The molecule has 2 aromatic rings. The molecule has 27 heavy (non-hydrogen) atoms. The van der Waals surface area contributed by atoms with E-state index in [1.165, 1.54) is 42.3 Å². The number of hydrogen-bond donors (Lipinski definition) is 1. The molecule has 2 rings (SSSR count). The highest BCUT2D eigenvalue weighted by Gasteiger charge is 2.30. The number of nitrogens with one attached hydrogen (secondary N) is 1. The van der Waals surface area contributed by atoms with Gasteiger partial charge in [0, 0.05) is 26.7 Å². The van der Waals surface area contributed by atoms with Gasteiger partial charge in [0.2, 0.25) is 0 Å². The number of ketones is 1. The minimum Gasteiger partial charge on any atom is -0.295 e. The van der Waals surface area contributed by atoms with Gasteiger partial charge in [0.1, 0.15) is 0 Å². The van der Waals surface area contributed by atoms with Crippen molar-refractivity contribution < 1.29 is 14.4 Å². The number of Topliss-reactive ketones (excluding diaryl/α,β-unsaturated/α-hetero) is 1. The van der Waals surface area contributed by atoms with E-state index in [-0.39, 0.29) is 11.3 Å². The molecule has 0 aliphatic carbocycles. The van der Waals surface area contributed by atoms with Crippen molar-refractivity contribution in [1.82, 2.24) is 10.4 Å². The lowest BCUT2D eigenvalue weighted by atomic mass is 10.1. The van der Waals surface area contributed by atoms with E-state index in [4.69, 9.17) is 23.2 Å². The third kappa shape index (κ3) is 5.31. The lowest BCUT2D eigenvalue weighted by Gasteiger charge is -2.35. The van der Waals surface area contributed by atoms with Crippen molar-refractivity contribution in [2.75, 3.05) is 0 Å². The molecule has 0 spiro atoms. The Labute approximate surface area is 168 Å². The molecule has 0 saturated carbocycles. The SMILES string of the molecule is CC(=O)c1ccc(C(=O)NN(C(=O)c2cc(Cl)cc(Cl)c2)C(C)(C)C)cc1. The van der Waals surface area contributed by atoms with Crippen LogP contribution in [0.4, 0.5) is 0 Å². The molecule has 0 aromatic heterocycles. The number of carbonyl (C=O) groups is 3.